The Hall–Kier alpha value is -3.32. The first kappa shape index (κ1) is 22.9. The predicted octanol–water partition coefficient (Wildman–Crippen LogP) is 3.68. The van der Waals surface area contributed by atoms with E-state index >= 15 is 0 Å². The van der Waals surface area contributed by atoms with Crippen LogP contribution in [0.3, 0.4) is 0 Å². The van der Waals surface area contributed by atoms with E-state index < -0.39 is 5.91 Å². The number of hydrogen-bond acceptors (Lipinski definition) is 6. The summed E-state index contributed by atoms with van der Waals surface area (Å²) in [5.74, 6) is 0.930. The number of carbonyl (C=O) groups excluding carboxylic acids is 1. The molecule has 33 heavy (non-hydrogen) atoms. The summed E-state index contributed by atoms with van der Waals surface area (Å²) in [5.41, 5.74) is 9.78. The number of benzene rings is 2. The number of nitrogens with zero attached hydrogens (tertiary/aromatic N) is 1. The van der Waals surface area contributed by atoms with Crippen LogP contribution in [0.25, 0.3) is 5.57 Å². The highest BCUT2D eigenvalue weighted by molar-refractivity contribution is 6.09. The number of amides is 1. The third-order valence-corrected chi connectivity index (χ3v) is 6.73. The Balaban J connectivity index is 1.72. The van der Waals surface area contributed by atoms with Gasteiger partial charge in [-0.2, -0.15) is 0 Å². The van der Waals surface area contributed by atoms with Crippen molar-refractivity contribution in [3.05, 3.63) is 59.3 Å². The van der Waals surface area contributed by atoms with Gasteiger partial charge in [0.05, 0.1) is 0 Å². The molecule has 5 N–H and O–H groups in total. The van der Waals surface area contributed by atoms with Gasteiger partial charge in [0.2, 0.25) is 5.91 Å². The van der Waals surface area contributed by atoms with Crippen molar-refractivity contribution in [2.45, 2.75) is 44.7 Å². The van der Waals surface area contributed by atoms with Crippen LogP contribution < -0.4 is 26.0 Å². The number of nitrogens with two attached hydrogens (primary N) is 1. The number of hydrogen-bond donors (Lipinski definition) is 4. The molecule has 2 aliphatic rings. The van der Waals surface area contributed by atoms with Gasteiger partial charge in [-0.1, -0.05) is 0 Å². The topological polar surface area (TPSA) is 103 Å². The van der Waals surface area contributed by atoms with E-state index in [1.165, 1.54) is 6.21 Å². The first-order chi connectivity index (χ1) is 16.0. The predicted molar refractivity (Wildman–Crippen MR) is 133 cm³/mol. The Labute approximate surface area is 195 Å². The second-order valence-corrected chi connectivity index (χ2v) is 8.86. The SMILES string of the molecule is CC1CCc2c(ccc(/C(C=N)=C/NC3CCNCC3)c2Oc2ccc(C(N)=O)cc2)N1C. The first-order valence-corrected chi connectivity index (χ1v) is 11.6. The third kappa shape index (κ3) is 5.03. The van der Waals surface area contributed by atoms with Gasteiger partial charge in [-0.25, -0.2) is 0 Å². The lowest BCUT2D eigenvalue weighted by Crippen LogP contribution is -2.37. The number of nitrogens with one attached hydrogen (secondary N) is 3. The summed E-state index contributed by atoms with van der Waals surface area (Å²) in [6.07, 6.45) is 7.38. The Morgan fingerprint density at radius 3 is 2.58 bits per heavy atom. The Kier molecular flexibility index (Phi) is 6.99. The van der Waals surface area contributed by atoms with Gasteiger partial charge in [0.25, 0.3) is 0 Å². The molecular weight excluding hydrogens is 414 g/mol. The fourth-order valence-corrected chi connectivity index (χ4v) is 4.52. The maximum absolute atomic E-state index is 11.4. The van der Waals surface area contributed by atoms with Crippen molar-refractivity contribution in [3.8, 4) is 11.5 Å². The fourth-order valence-electron chi connectivity index (χ4n) is 4.52. The standard InChI is InChI=1S/C26H33N5O2/c1-17-3-8-23-24(31(17)2)10-9-22(19(15-27)16-30-20-11-13-29-14-12-20)25(23)33-21-6-4-18(5-7-21)26(28)32/h4-7,9-10,15-17,20,27,29-30H,3,8,11-14H2,1-2H3,(H2,28,32)/b19-16+,27-15?. The molecule has 0 aromatic heterocycles. The van der Waals surface area contributed by atoms with Crippen LogP contribution in [-0.4, -0.2) is 44.3 Å². The molecule has 0 bridgehead atoms. The van der Waals surface area contributed by atoms with Gasteiger partial charge < -0.3 is 31.4 Å². The zero-order valence-corrected chi connectivity index (χ0v) is 19.4. The van der Waals surface area contributed by atoms with Gasteiger partial charge in [-0.3, -0.25) is 4.79 Å². The lowest BCUT2D eigenvalue weighted by Gasteiger charge is -2.35. The second kappa shape index (κ2) is 10.1. The van der Waals surface area contributed by atoms with Crippen LogP contribution in [0.2, 0.25) is 0 Å². The third-order valence-electron chi connectivity index (χ3n) is 6.73. The summed E-state index contributed by atoms with van der Waals surface area (Å²) < 4.78 is 6.44. The number of ether oxygens (including phenoxy) is 1. The summed E-state index contributed by atoms with van der Waals surface area (Å²) in [6.45, 7) is 4.24. The van der Waals surface area contributed by atoms with Gasteiger partial charge in [0.1, 0.15) is 11.5 Å². The van der Waals surface area contributed by atoms with E-state index in [1.807, 2.05) is 12.3 Å². The molecule has 1 saturated heterocycles. The normalized spacial score (nSPS) is 19.0. The summed E-state index contributed by atoms with van der Waals surface area (Å²) >= 11 is 0. The number of carbonyl (C=O) groups is 1. The van der Waals surface area contributed by atoms with Gasteiger partial charge >= 0.3 is 0 Å². The molecule has 0 saturated carbocycles. The molecule has 1 amide bonds. The molecule has 2 aliphatic heterocycles. The molecule has 0 spiro atoms. The highest BCUT2D eigenvalue weighted by Crippen LogP contribution is 2.42. The zero-order chi connectivity index (χ0) is 23.4. The van der Waals surface area contributed by atoms with Crippen molar-refractivity contribution in [1.29, 1.82) is 5.41 Å². The Morgan fingerprint density at radius 2 is 1.91 bits per heavy atom. The fraction of sp³-hybridized carbons (Fsp3) is 0.385. The second-order valence-electron chi connectivity index (χ2n) is 8.86. The van der Waals surface area contributed by atoms with Crippen LogP contribution in [0.15, 0.2) is 42.6 Å². The molecule has 7 nitrogen and oxygen atoms in total. The molecule has 0 radical (unpaired) electrons. The zero-order valence-electron chi connectivity index (χ0n) is 19.4. The number of rotatable bonds is 7. The van der Waals surface area contributed by atoms with Gasteiger partial charge in [0.15, 0.2) is 0 Å². The lowest BCUT2D eigenvalue weighted by atomic mass is 9.92. The van der Waals surface area contributed by atoms with Gasteiger partial charge in [-0.05, 0) is 82.1 Å². The van der Waals surface area contributed by atoms with E-state index in [0.29, 0.717) is 23.4 Å². The van der Waals surface area contributed by atoms with E-state index in [2.05, 4.69) is 35.6 Å². The minimum atomic E-state index is -0.465. The molecule has 1 unspecified atom stereocenters. The lowest BCUT2D eigenvalue weighted by molar-refractivity contribution is 0.100. The molecule has 0 aliphatic carbocycles. The van der Waals surface area contributed by atoms with Crippen molar-refractivity contribution in [2.24, 2.45) is 5.73 Å². The van der Waals surface area contributed by atoms with Crippen molar-refractivity contribution >= 4 is 23.4 Å². The summed E-state index contributed by atoms with van der Waals surface area (Å²) in [5, 5.41) is 15.0. The molecule has 174 valence electrons. The molecule has 4 rings (SSSR count). The highest BCUT2D eigenvalue weighted by atomic mass is 16.5. The van der Waals surface area contributed by atoms with Crippen molar-refractivity contribution in [1.82, 2.24) is 10.6 Å². The monoisotopic (exact) mass is 447 g/mol. The van der Waals surface area contributed by atoms with E-state index in [9.17, 15) is 4.79 Å². The maximum atomic E-state index is 11.4. The molecule has 1 fully saturated rings. The summed E-state index contributed by atoms with van der Waals surface area (Å²) in [6, 6.07) is 11.9. The van der Waals surface area contributed by atoms with Crippen LogP contribution >= 0.6 is 0 Å². The molecule has 7 heteroatoms. The van der Waals surface area contributed by atoms with Crippen molar-refractivity contribution in [2.75, 3.05) is 25.0 Å². The van der Waals surface area contributed by atoms with Crippen LogP contribution in [0.1, 0.15) is 47.7 Å². The average Bonchev–Trinajstić information content (AvgIpc) is 2.83. The number of allylic oxidation sites excluding steroid dienone is 1. The molecule has 2 aromatic carbocycles. The van der Waals surface area contributed by atoms with Crippen LogP contribution in [-0.2, 0) is 6.42 Å². The largest absolute Gasteiger partial charge is 0.456 e. The molecule has 2 aromatic rings. The smallest absolute Gasteiger partial charge is 0.248 e. The highest BCUT2D eigenvalue weighted by Gasteiger charge is 2.26. The minimum Gasteiger partial charge on any atom is -0.456 e. The van der Waals surface area contributed by atoms with Crippen LogP contribution in [0.5, 0.6) is 11.5 Å². The van der Waals surface area contributed by atoms with Crippen molar-refractivity contribution in [3.63, 3.8) is 0 Å². The van der Waals surface area contributed by atoms with E-state index in [1.54, 1.807) is 24.3 Å². The van der Waals surface area contributed by atoms with Crippen LogP contribution in [0, 0.1) is 5.41 Å². The molecule has 1 atom stereocenters. The Bertz CT molecular complexity index is 1040. The number of primary amides is 1. The number of fused-ring (bicyclic) bond motifs is 1. The van der Waals surface area contributed by atoms with Gasteiger partial charge in [0, 0.05) is 59.5 Å². The molecule has 2 heterocycles. The maximum Gasteiger partial charge on any atom is 0.248 e. The van der Waals surface area contributed by atoms with Gasteiger partial charge in [-0.15, -0.1) is 0 Å². The quantitative estimate of drug-likeness (QED) is 0.485. The minimum absolute atomic E-state index is 0.400. The number of piperidine rings is 1. The average molecular weight is 448 g/mol. The Morgan fingerprint density at radius 1 is 1.18 bits per heavy atom. The van der Waals surface area contributed by atoms with Crippen LogP contribution in [0.4, 0.5) is 5.69 Å². The van der Waals surface area contributed by atoms with E-state index in [4.69, 9.17) is 15.9 Å². The summed E-state index contributed by atoms with van der Waals surface area (Å²) in [4.78, 5) is 13.7. The molecular formula is C26H33N5O2. The van der Waals surface area contributed by atoms with E-state index in [0.717, 1.165) is 66.9 Å². The number of anilines is 1. The first-order valence-electron chi connectivity index (χ1n) is 11.6. The van der Waals surface area contributed by atoms with E-state index in [-0.39, 0.29) is 0 Å². The summed E-state index contributed by atoms with van der Waals surface area (Å²) in [7, 11) is 2.11. The van der Waals surface area contributed by atoms with Crippen molar-refractivity contribution < 1.29 is 9.53 Å².